The van der Waals surface area contributed by atoms with Crippen LogP contribution in [0.4, 0.5) is 4.39 Å². The highest BCUT2D eigenvalue weighted by Crippen LogP contribution is 2.36. The molecular weight excluding hydrogens is 391 g/mol. The van der Waals surface area contributed by atoms with Crippen molar-refractivity contribution in [2.75, 3.05) is 6.79 Å². The first-order valence-electron chi connectivity index (χ1n) is 8.13. The fourth-order valence-electron chi connectivity index (χ4n) is 2.63. The van der Waals surface area contributed by atoms with Crippen LogP contribution in [-0.2, 0) is 17.8 Å². The molecule has 0 radical (unpaired) electrons. The van der Waals surface area contributed by atoms with E-state index in [1.165, 1.54) is 23.5 Å². The van der Waals surface area contributed by atoms with Gasteiger partial charge in [-0.15, -0.1) is 11.3 Å². The first-order valence-corrected chi connectivity index (χ1v) is 9.39. The van der Waals surface area contributed by atoms with Gasteiger partial charge in [-0.3, -0.25) is 4.79 Å². The molecule has 5 nitrogen and oxygen atoms in total. The summed E-state index contributed by atoms with van der Waals surface area (Å²) >= 11 is 7.20. The van der Waals surface area contributed by atoms with Gasteiger partial charge in [0, 0.05) is 17.5 Å². The van der Waals surface area contributed by atoms with Crippen LogP contribution < -0.4 is 14.8 Å². The van der Waals surface area contributed by atoms with E-state index in [1.807, 2.05) is 23.6 Å². The quantitative estimate of drug-likeness (QED) is 0.692. The Bertz CT molecular complexity index is 1010. The lowest BCUT2D eigenvalue weighted by molar-refractivity contribution is -0.120. The molecule has 1 aromatic heterocycles. The van der Waals surface area contributed by atoms with E-state index in [9.17, 15) is 9.18 Å². The predicted octanol–water partition coefficient (Wildman–Crippen LogP) is 4.19. The Kier molecular flexibility index (Phi) is 4.96. The van der Waals surface area contributed by atoms with E-state index in [1.54, 1.807) is 6.07 Å². The van der Waals surface area contributed by atoms with Crippen LogP contribution in [0.1, 0.15) is 11.3 Å². The number of nitrogens with zero attached hydrogens (tertiary/aromatic N) is 1. The number of benzene rings is 2. The number of hydrogen-bond acceptors (Lipinski definition) is 5. The molecule has 2 heterocycles. The van der Waals surface area contributed by atoms with Crippen molar-refractivity contribution >= 4 is 28.8 Å². The summed E-state index contributed by atoms with van der Waals surface area (Å²) in [5.74, 6) is 0.763. The number of amides is 1. The SMILES string of the molecule is O=C(Cc1csc(-c2ccc3c(c2)OCO3)n1)NCc1ccc(F)c(Cl)c1. The molecule has 0 spiro atoms. The number of nitrogens with one attached hydrogen (secondary N) is 1. The number of carbonyl (C=O) groups excluding carboxylic acids is 1. The minimum absolute atomic E-state index is 0.0367. The highest BCUT2D eigenvalue weighted by atomic mass is 35.5. The van der Waals surface area contributed by atoms with Gasteiger partial charge in [0.15, 0.2) is 11.5 Å². The summed E-state index contributed by atoms with van der Waals surface area (Å²) in [7, 11) is 0. The maximum Gasteiger partial charge on any atom is 0.231 e. The Balaban J connectivity index is 1.37. The third kappa shape index (κ3) is 4.04. The van der Waals surface area contributed by atoms with E-state index < -0.39 is 5.82 Å². The van der Waals surface area contributed by atoms with Gasteiger partial charge >= 0.3 is 0 Å². The van der Waals surface area contributed by atoms with Crippen molar-refractivity contribution in [2.45, 2.75) is 13.0 Å². The Morgan fingerprint density at radius 3 is 2.93 bits per heavy atom. The van der Waals surface area contributed by atoms with Crippen molar-refractivity contribution in [2.24, 2.45) is 0 Å². The molecule has 0 bridgehead atoms. The normalized spacial score (nSPS) is 12.2. The molecule has 0 fully saturated rings. The third-order valence-electron chi connectivity index (χ3n) is 3.99. The van der Waals surface area contributed by atoms with E-state index in [4.69, 9.17) is 21.1 Å². The molecule has 1 aliphatic heterocycles. The molecule has 0 saturated heterocycles. The number of carbonyl (C=O) groups is 1. The molecule has 2 aromatic carbocycles. The summed E-state index contributed by atoms with van der Waals surface area (Å²) in [4.78, 5) is 16.7. The number of hydrogen-bond donors (Lipinski definition) is 1. The second-order valence-electron chi connectivity index (χ2n) is 5.91. The number of rotatable bonds is 5. The summed E-state index contributed by atoms with van der Waals surface area (Å²) in [6, 6.07) is 10.00. The number of halogens is 2. The molecule has 1 amide bonds. The smallest absolute Gasteiger partial charge is 0.231 e. The summed E-state index contributed by atoms with van der Waals surface area (Å²) in [6.45, 7) is 0.499. The van der Waals surface area contributed by atoms with Crippen LogP contribution in [0.3, 0.4) is 0 Å². The van der Waals surface area contributed by atoms with Crippen molar-refractivity contribution in [3.05, 3.63) is 63.9 Å². The van der Waals surface area contributed by atoms with E-state index >= 15 is 0 Å². The van der Waals surface area contributed by atoms with Gasteiger partial charge in [-0.05, 0) is 35.9 Å². The van der Waals surface area contributed by atoms with Crippen LogP contribution >= 0.6 is 22.9 Å². The van der Waals surface area contributed by atoms with E-state index in [2.05, 4.69) is 10.3 Å². The highest BCUT2D eigenvalue weighted by Gasteiger charge is 2.16. The average molecular weight is 405 g/mol. The zero-order chi connectivity index (χ0) is 18.8. The van der Waals surface area contributed by atoms with Gasteiger partial charge in [0.25, 0.3) is 0 Å². The molecule has 1 aliphatic rings. The fraction of sp³-hybridized carbons (Fsp3) is 0.158. The Morgan fingerprint density at radius 2 is 2.07 bits per heavy atom. The molecule has 138 valence electrons. The maximum atomic E-state index is 13.2. The predicted molar refractivity (Wildman–Crippen MR) is 101 cm³/mol. The molecule has 0 saturated carbocycles. The molecule has 1 N–H and O–H groups in total. The van der Waals surface area contributed by atoms with Crippen LogP contribution in [0.5, 0.6) is 11.5 Å². The maximum absolute atomic E-state index is 13.2. The van der Waals surface area contributed by atoms with Crippen molar-refractivity contribution in [1.82, 2.24) is 10.3 Å². The third-order valence-corrected chi connectivity index (χ3v) is 5.22. The molecular formula is C19H14ClFN2O3S. The Labute approximate surface area is 163 Å². The first kappa shape index (κ1) is 17.8. The lowest BCUT2D eigenvalue weighted by Gasteiger charge is -2.05. The molecule has 0 atom stereocenters. The molecule has 8 heteroatoms. The minimum atomic E-state index is -0.481. The second kappa shape index (κ2) is 7.54. The van der Waals surface area contributed by atoms with Gasteiger partial charge < -0.3 is 14.8 Å². The van der Waals surface area contributed by atoms with Gasteiger partial charge in [-0.1, -0.05) is 17.7 Å². The number of fused-ring (bicyclic) bond motifs is 1. The van der Waals surface area contributed by atoms with Crippen LogP contribution in [0.2, 0.25) is 5.02 Å². The minimum Gasteiger partial charge on any atom is -0.454 e. The molecule has 0 unspecified atom stereocenters. The summed E-state index contributed by atoms with van der Waals surface area (Å²) < 4.78 is 23.8. The van der Waals surface area contributed by atoms with Crippen molar-refractivity contribution in [1.29, 1.82) is 0 Å². The summed E-state index contributed by atoms with van der Waals surface area (Å²) in [6.07, 6.45) is 0.163. The van der Waals surface area contributed by atoms with Crippen molar-refractivity contribution in [3.8, 4) is 22.1 Å². The zero-order valence-electron chi connectivity index (χ0n) is 14.0. The van der Waals surface area contributed by atoms with Gasteiger partial charge in [0.1, 0.15) is 10.8 Å². The average Bonchev–Trinajstić information content (AvgIpc) is 3.31. The largest absolute Gasteiger partial charge is 0.454 e. The second-order valence-corrected chi connectivity index (χ2v) is 7.18. The molecule has 3 aromatic rings. The Hall–Kier alpha value is -2.64. The molecule has 0 aliphatic carbocycles. The van der Waals surface area contributed by atoms with Crippen molar-refractivity contribution in [3.63, 3.8) is 0 Å². The van der Waals surface area contributed by atoms with E-state index in [0.717, 1.165) is 21.9 Å². The van der Waals surface area contributed by atoms with Gasteiger partial charge in [-0.25, -0.2) is 9.37 Å². The fourth-order valence-corrected chi connectivity index (χ4v) is 3.65. The van der Waals surface area contributed by atoms with Crippen LogP contribution in [0, 0.1) is 5.82 Å². The molecule has 27 heavy (non-hydrogen) atoms. The van der Waals surface area contributed by atoms with Crippen LogP contribution in [-0.4, -0.2) is 17.7 Å². The first-order chi connectivity index (χ1) is 13.1. The summed E-state index contributed by atoms with van der Waals surface area (Å²) in [5, 5.41) is 5.48. The Morgan fingerprint density at radius 1 is 1.22 bits per heavy atom. The highest BCUT2D eigenvalue weighted by molar-refractivity contribution is 7.13. The van der Waals surface area contributed by atoms with Crippen molar-refractivity contribution < 1.29 is 18.7 Å². The standard InChI is InChI=1S/C19H14ClFN2O3S/c20-14-5-11(1-3-15(14)21)8-22-18(24)7-13-9-27-19(23-13)12-2-4-16-17(6-12)26-10-25-16/h1-6,9H,7-8,10H2,(H,22,24). The lowest BCUT2D eigenvalue weighted by atomic mass is 10.2. The van der Waals surface area contributed by atoms with Gasteiger partial charge in [0.2, 0.25) is 12.7 Å². The van der Waals surface area contributed by atoms with E-state index in [-0.39, 0.29) is 30.7 Å². The van der Waals surface area contributed by atoms with Gasteiger partial charge in [-0.2, -0.15) is 0 Å². The lowest BCUT2D eigenvalue weighted by Crippen LogP contribution is -2.24. The number of thiazole rings is 1. The van der Waals surface area contributed by atoms with Gasteiger partial charge in [0.05, 0.1) is 17.1 Å². The monoisotopic (exact) mass is 404 g/mol. The van der Waals surface area contributed by atoms with Crippen LogP contribution in [0.25, 0.3) is 10.6 Å². The van der Waals surface area contributed by atoms with Crippen LogP contribution in [0.15, 0.2) is 41.8 Å². The number of ether oxygens (including phenoxy) is 2. The topological polar surface area (TPSA) is 60.5 Å². The summed E-state index contributed by atoms with van der Waals surface area (Å²) in [5.41, 5.74) is 2.33. The number of aromatic nitrogens is 1. The zero-order valence-corrected chi connectivity index (χ0v) is 15.6. The molecule has 4 rings (SSSR count). The van der Waals surface area contributed by atoms with E-state index in [0.29, 0.717) is 11.4 Å².